The highest BCUT2D eigenvalue weighted by atomic mass is 79.9. The smallest absolute Gasteiger partial charge is 0.232 e. The highest BCUT2D eigenvalue weighted by Gasteiger charge is 2.39. The molecule has 0 saturated carbocycles. The summed E-state index contributed by atoms with van der Waals surface area (Å²) in [6, 6.07) is 0.423. The minimum atomic E-state index is 0.247. The molecule has 2 fully saturated rings. The number of halogens is 1. The molecule has 1 aromatic heterocycles. The monoisotopic (exact) mass is 328 g/mol. The number of anilines is 1. The summed E-state index contributed by atoms with van der Waals surface area (Å²) in [5, 5.41) is 0. The van der Waals surface area contributed by atoms with Crippen LogP contribution in [0.5, 0.6) is 5.88 Å². The number of aromatic nitrogens is 2. The molecule has 2 aliphatic heterocycles. The van der Waals surface area contributed by atoms with Crippen LogP contribution in [0.3, 0.4) is 0 Å². The number of hydrogen-bond acceptors (Lipinski definition) is 6. The van der Waals surface area contributed by atoms with Crippen molar-refractivity contribution in [2.75, 3.05) is 45.3 Å². The largest absolute Gasteiger partial charge is 0.480 e. The van der Waals surface area contributed by atoms with E-state index in [4.69, 9.17) is 9.47 Å². The number of likely N-dealkylation sites (N-methyl/N-ethyl adjacent to an activating group) is 1. The number of rotatable bonds is 2. The Morgan fingerprint density at radius 3 is 3.05 bits per heavy atom. The Kier molecular flexibility index (Phi) is 3.60. The van der Waals surface area contributed by atoms with E-state index in [-0.39, 0.29) is 6.10 Å². The number of morpholine rings is 1. The SMILES string of the molecule is COc1nc(N2C[C@H]3OCCN(C)[C@H]3C2)ncc1Br. The minimum absolute atomic E-state index is 0.247. The molecule has 0 radical (unpaired) electrons. The van der Waals surface area contributed by atoms with Crippen molar-refractivity contribution in [2.24, 2.45) is 0 Å². The average Bonchev–Trinajstić information content (AvgIpc) is 2.85. The van der Waals surface area contributed by atoms with Crippen LogP contribution in [0.15, 0.2) is 10.7 Å². The van der Waals surface area contributed by atoms with Gasteiger partial charge in [0.25, 0.3) is 0 Å². The zero-order valence-corrected chi connectivity index (χ0v) is 12.6. The normalized spacial score (nSPS) is 27.4. The van der Waals surface area contributed by atoms with E-state index in [1.54, 1.807) is 13.3 Å². The van der Waals surface area contributed by atoms with Crippen molar-refractivity contribution in [2.45, 2.75) is 12.1 Å². The lowest BCUT2D eigenvalue weighted by Crippen LogP contribution is -2.48. The molecule has 0 N–H and O–H groups in total. The van der Waals surface area contributed by atoms with Crippen molar-refractivity contribution in [3.05, 3.63) is 10.7 Å². The standard InChI is InChI=1S/C12H17BrN4O2/c1-16-3-4-19-10-7-17(6-9(10)16)12-14-5-8(13)11(15-12)18-2/h5,9-10H,3-4,6-7H2,1-2H3/t9-,10+/m0/s1. The van der Waals surface area contributed by atoms with Gasteiger partial charge >= 0.3 is 0 Å². The summed E-state index contributed by atoms with van der Waals surface area (Å²) in [4.78, 5) is 13.3. The van der Waals surface area contributed by atoms with Crippen LogP contribution in [0.4, 0.5) is 5.95 Å². The first-order valence-electron chi connectivity index (χ1n) is 6.32. The Bertz CT molecular complexity index is 473. The van der Waals surface area contributed by atoms with Crippen molar-refractivity contribution in [3.8, 4) is 5.88 Å². The predicted molar refractivity (Wildman–Crippen MR) is 74.7 cm³/mol. The second-order valence-corrected chi connectivity index (χ2v) is 5.74. The molecule has 0 aromatic carbocycles. The Morgan fingerprint density at radius 1 is 1.47 bits per heavy atom. The first-order valence-corrected chi connectivity index (χ1v) is 7.11. The van der Waals surface area contributed by atoms with Gasteiger partial charge in [0.2, 0.25) is 11.8 Å². The molecule has 104 valence electrons. The van der Waals surface area contributed by atoms with E-state index in [9.17, 15) is 0 Å². The molecule has 0 aliphatic carbocycles. The quantitative estimate of drug-likeness (QED) is 0.799. The Labute approximate surface area is 120 Å². The van der Waals surface area contributed by atoms with Gasteiger partial charge in [0.15, 0.2) is 0 Å². The first kappa shape index (κ1) is 13.1. The summed E-state index contributed by atoms with van der Waals surface area (Å²) < 4.78 is 11.8. The van der Waals surface area contributed by atoms with Crippen molar-refractivity contribution in [1.82, 2.24) is 14.9 Å². The zero-order chi connectivity index (χ0) is 13.4. The van der Waals surface area contributed by atoms with Crippen LogP contribution in [0.1, 0.15) is 0 Å². The molecule has 3 heterocycles. The molecule has 6 nitrogen and oxygen atoms in total. The van der Waals surface area contributed by atoms with Crippen molar-refractivity contribution in [3.63, 3.8) is 0 Å². The van der Waals surface area contributed by atoms with Crippen LogP contribution in [0, 0.1) is 0 Å². The zero-order valence-electron chi connectivity index (χ0n) is 11.0. The molecule has 1 aromatic rings. The molecular formula is C12H17BrN4O2. The Hall–Kier alpha value is -0.920. The van der Waals surface area contributed by atoms with Gasteiger partial charge in [0, 0.05) is 19.6 Å². The molecule has 0 amide bonds. The molecule has 7 heteroatoms. The van der Waals surface area contributed by atoms with Crippen LogP contribution in [-0.2, 0) is 4.74 Å². The van der Waals surface area contributed by atoms with Gasteiger partial charge < -0.3 is 14.4 Å². The number of hydrogen-bond donors (Lipinski definition) is 0. The Morgan fingerprint density at radius 2 is 2.32 bits per heavy atom. The molecular weight excluding hydrogens is 312 g/mol. The van der Waals surface area contributed by atoms with Gasteiger partial charge in [0.05, 0.1) is 36.5 Å². The van der Waals surface area contributed by atoms with Crippen LogP contribution >= 0.6 is 15.9 Å². The number of methoxy groups -OCH3 is 1. The molecule has 0 spiro atoms. The average molecular weight is 329 g/mol. The van der Waals surface area contributed by atoms with Crippen LogP contribution in [-0.4, -0.2) is 67.4 Å². The molecule has 2 aliphatic rings. The molecule has 2 saturated heterocycles. The van der Waals surface area contributed by atoms with Crippen molar-refractivity contribution < 1.29 is 9.47 Å². The van der Waals surface area contributed by atoms with E-state index in [1.807, 2.05) is 0 Å². The summed E-state index contributed by atoms with van der Waals surface area (Å²) in [6.07, 6.45) is 1.98. The third kappa shape index (κ3) is 2.42. The first-order chi connectivity index (χ1) is 9.19. The van der Waals surface area contributed by atoms with Gasteiger partial charge in [-0.25, -0.2) is 4.98 Å². The van der Waals surface area contributed by atoms with Gasteiger partial charge in [-0.1, -0.05) is 0 Å². The highest BCUT2D eigenvalue weighted by Crippen LogP contribution is 2.28. The molecule has 0 unspecified atom stereocenters. The fourth-order valence-corrected chi connectivity index (χ4v) is 3.01. The van der Waals surface area contributed by atoms with E-state index in [0.29, 0.717) is 17.9 Å². The highest BCUT2D eigenvalue weighted by molar-refractivity contribution is 9.10. The minimum Gasteiger partial charge on any atom is -0.480 e. The van der Waals surface area contributed by atoms with Gasteiger partial charge in [-0.05, 0) is 23.0 Å². The fraction of sp³-hybridized carbons (Fsp3) is 0.667. The van der Waals surface area contributed by atoms with Gasteiger partial charge in [-0.3, -0.25) is 4.90 Å². The lowest BCUT2D eigenvalue weighted by Gasteiger charge is -2.33. The van der Waals surface area contributed by atoms with Crippen molar-refractivity contribution >= 4 is 21.9 Å². The second kappa shape index (κ2) is 5.22. The van der Waals surface area contributed by atoms with E-state index in [0.717, 1.165) is 30.7 Å². The second-order valence-electron chi connectivity index (χ2n) is 4.89. The maximum absolute atomic E-state index is 5.82. The van der Waals surface area contributed by atoms with E-state index >= 15 is 0 Å². The summed E-state index contributed by atoms with van der Waals surface area (Å²) >= 11 is 3.37. The molecule has 19 heavy (non-hydrogen) atoms. The van der Waals surface area contributed by atoms with Gasteiger partial charge in [-0.15, -0.1) is 0 Å². The van der Waals surface area contributed by atoms with Crippen LogP contribution in [0.2, 0.25) is 0 Å². The summed E-state index contributed by atoms with van der Waals surface area (Å²) in [7, 11) is 3.75. The third-order valence-corrected chi connectivity index (χ3v) is 4.30. The van der Waals surface area contributed by atoms with E-state index in [1.165, 1.54) is 0 Å². The maximum Gasteiger partial charge on any atom is 0.232 e. The third-order valence-electron chi connectivity index (χ3n) is 3.75. The van der Waals surface area contributed by atoms with Crippen LogP contribution in [0.25, 0.3) is 0 Å². The van der Waals surface area contributed by atoms with Gasteiger partial charge in [0.1, 0.15) is 0 Å². The van der Waals surface area contributed by atoms with E-state index < -0.39 is 0 Å². The summed E-state index contributed by atoms with van der Waals surface area (Å²) in [5.41, 5.74) is 0. The summed E-state index contributed by atoms with van der Waals surface area (Å²) in [5.74, 6) is 1.26. The maximum atomic E-state index is 5.82. The lowest BCUT2D eigenvalue weighted by molar-refractivity contribution is -0.0362. The van der Waals surface area contributed by atoms with Gasteiger partial charge in [-0.2, -0.15) is 4.98 Å². The lowest BCUT2D eigenvalue weighted by atomic mass is 10.1. The number of ether oxygens (including phenoxy) is 2. The molecule has 2 atom stereocenters. The van der Waals surface area contributed by atoms with Crippen LogP contribution < -0.4 is 9.64 Å². The molecule has 0 bridgehead atoms. The number of nitrogens with zero attached hydrogens (tertiary/aromatic N) is 4. The van der Waals surface area contributed by atoms with Crippen molar-refractivity contribution in [1.29, 1.82) is 0 Å². The molecule has 3 rings (SSSR count). The predicted octanol–water partition coefficient (Wildman–Crippen LogP) is 0.767. The fourth-order valence-electron chi connectivity index (χ4n) is 2.66. The van der Waals surface area contributed by atoms with E-state index in [2.05, 4.69) is 42.7 Å². The summed E-state index contributed by atoms with van der Waals surface area (Å²) in [6.45, 7) is 3.52. The topological polar surface area (TPSA) is 50.7 Å². The number of fused-ring (bicyclic) bond motifs is 1. The Balaban J connectivity index is 1.80.